The molecule has 0 saturated heterocycles. The van der Waals surface area contributed by atoms with Gasteiger partial charge in [-0.05, 0) is 43.2 Å². The van der Waals surface area contributed by atoms with Crippen LogP contribution in [0, 0.1) is 13.8 Å². The van der Waals surface area contributed by atoms with Crippen LogP contribution in [0.25, 0.3) is 0 Å². The molecular weight excluding hydrogens is 266 g/mol. The molecule has 0 amide bonds. The van der Waals surface area contributed by atoms with E-state index in [-0.39, 0.29) is 5.75 Å². The molecule has 4 heteroatoms. The van der Waals surface area contributed by atoms with Gasteiger partial charge in [-0.1, -0.05) is 17.7 Å². The summed E-state index contributed by atoms with van der Waals surface area (Å²) in [5.41, 5.74) is 4.51. The van der Waals surface area contributed by atoms with E-state index in [1.807, 2.05) is 0 Å². The summed E-state index contributed by atoms with van der Waals surface area (Å²) in [6.07, 6.45) is 0. The summed E-state index contributed by atoms with van der Waals surface area (Å²) in [5, 5.41) is 13.3. The number of anilines is 1. The van der Waals surface area contributed by atoms with Gasteiger partial charge in [0, 0.05) is 12.2 Å². The van der Waals surface area contributed by atoms with Crippen molar-refractivity contribution < 1.29 is 14.6 Å². The third-order valence-electron chi connectivity index (χ3n) is 3.40. The zero-order chi connectivity index (χ0) is 15.4. The van der Waals surface area contributed by atoms with Gasteiger partial charge in [0.05, 0.1) is 14.2 Å². The SMILES string of the molecule is COc1cc(CNc2ccc(C)cc2C)cc(OC)c1O. The first-order valence-corrected chi connectivity index (χ1v) is 6.80. The number of aryl methyl sites for hydroxylation is 2. The van der Waals surface area contributed by atoms with Crippen LogP contribution in [0.4, 0.5) is 5.69 Å². The van der Waals surface area contributed by atoms with Crippen molar-refractivity contribution >= 4 is 5.69 Å². The van der Waals surface area contributed by atoms with E-state index in [4.69, 9.17) is 9.47 Å². The zero-order valence-corrected chi connectivity index (χ0v) is 12.9. The summed E-state index contributed by atoms with van der Waals surface area (Å²) in [6, 6.07) is 9.88. The summed E-state index contributed by atoms with van der Waals surface area (Å²) in [6.45, 7) is 4.77. The standard InChI is InChI=1S/C17H21NO3/c1-11-5-6-14(12(2)7-11)18-10-13-8-15(20-3)17(19)16(9-13)21-4/h5-9,18-19H,10H2,1-4H3. The van der Waals surface area contributed by atoms with Gasteiger partial charge in [-0.25, -0.2) is 0 Å². The topological polar surface area (TPSA) is 50.7 Å². The lowest BCUT2D eigenvalue weighted by molar-refractivity contribution is 0.339. The molecule has 21 heavy (non-hydrogen) atoms. The van der Waals surface area contributed by atoms with E-state index in [0.717, 1.165) is 11.3 Å². The molecule has 0 aliphatic rings. The second-order valence-corrected chi connectivity index (χ2v) is 5.02. The minimum Gasteiger partial charge on any atom is -0.502 e. The molecule has 0 aliphatic carbocycles. The minimum absolute atomic E-state index is 0.0234. The Hall–Kier alpha value is -2.36. The number of hydrogen-bond donors (Lipinski definition) is 2. The minimum atomic E-state index is 0.0234. The van der Waals surface area contributed by atoms with E-state index in [9.17, 15) is 5.11 Å². The van der Waals surface area contributed by atoms with Crippen LogP contribution in [0.15, 0.2) is 30.3 Å². The summed E-state index contributed by atoms with van der Waals surface area (Å²) in [7, 11) is 3.05. The first-order chi connectivity index (χ1) is 10.0. The van der Waals surface area contributed by atoms with E-state index in [0.29, 0.717) is 18.0 Å². The first-order valence-electron chi connectivity index (χ1n) is 6.80. The van der Waals surface area contributed by atoms with Crippen LogP contribution in [-0.2, 0) is 6.54 Å². The lowest BCUT2D eigenvalue weighted by atomic mass is 10.1. The van der Waals surface area contributed by atoms with E-state index in [1.54, 1.807) is 12.1 Å². The first kappa shape index (κ1) is 15.0. The predicted octanol–water partition coefficient (Wildman–Crippen LogP) is 3.64. The molecule has 2 N–H and O–H groups in total. The molecule has 4 nitrogen and oxygen atoms in total. The van der Waals surface area contributed by atoms with Crippen LogP contribution in [0.1, 0.15) is 16.7 Å². The summed E-state index contributed by atoms with van der Waals surface area (Å²) in [4.78, 5) is 0. The van der Waals surface area contributed by atoms with Crippen molar-refractivity contribution in [2.24, 2.45) is 0 Å². The van der Waals surface area contributed by atoms with Gasteiger partial charge in [-0.15, -0.1) is 0 Å². The summed E-state index contributed by atoms with van der Waals surface area (Å²) >= 11 is 0. The molecule has 0 bridgehead atoms. The number of rotatable bonds is 5. The molecule has 0 aromatic heterocycles. The van der Waals surface area contributed by atoms with Crippen molar-refractivity contribution in [2.45, 2.75) is 20.4 Å². The quantitative estimate of drug-likeness (QED) is 0.881. The molecule has 112 valence electrons. The molecule has 2 aromatic carbocycles. The van der Waals surface area contributed by atoms with Crippen LogP contribution < -0.4 is 14.8 Å². The molecule has 0 fully saturated rings. The summed E-state index contributed by atoms with van der Waals surface area (Å²) < 4.78 is 10.3. The van der Waals surface area contributed by atoms with Gasteiger partial charge >= 0.3 is 0 Å². The average molecular weight is 287 g/mol. The van der Waals surface area contributed by atoms with Gasteiger partial charge in [0.15, 0.2) is 11.5 Å². The smallest absolute Gasteiger partial charge is 0.200 e. The Morgan fingerprint density at radius 3 is 2.14 bits per heavy atom. The lowest BCUT2D eigenvalue weighted by Gasteiger charge is -2.13. The Morgan fingerprint density at radius 2 is 1.62 bits per heavy atom. The Bertz CT molecular complexity index is 613. The number of hydrogen-bond acceptors (Lipinski definition) is 4. The van der Waals surface area contributed by atoms with Crippen molar-refractivity contribution in [1.82, 2.24) is 0 Å². The maximum Gasteiger partial charge on any atom is 0.200 e. The third-order valence-corrected chi connectivity index (χ3v) is 3.40. The number of phenolic OH excluding ortho intramolecular Hbond substituents is 1. The number of aromatic hydroxyl groups is 1. The predicted molar refractivity (Wildman–Crippen MR) is 84.5 cm³/mol. The Balaban J connectivity index is 2.19. The van der Waals surface area contributed by atoms with Crippen molar-refractivity contribution in [2.75, 3.05) is 19.5 Å². The third kappa shape index (κ3) is 3.40. The average Bonchev–Trinajstić information content (AvgIpc) is 2.47. The van der Waals surface area contributed by atoms with E-state index in [2.05, 4.69) is 37.4 Å². The molecular formula is C17H21NO3. The number of ether oxygens (including phenoxy) is 2. The van der Waals surface area contributed by atoms with Gasteiger partial charge in [-0.3, -0.25) is 0 Å². The molecule has 2 aromatic rings. The highest BCUT2D eigenvalue weighted by Crippen LogP contribution is 2.37. The highest BCUT2D eigenvalue weighted by Gasteiger charge is 2.11. The fourth-order valence-electron chi connectivity index (χ4n) is 2.26. The Morgan fingerprint density at radius 1 is 1.00 bits per heavy atom. The number of nitrogens with one attached hydrogen (secondary N) is 1. The molecule has 2 rings (SSSR count). The number of methoxy groups -OCH3 is 2. The van der Waals surface area contributed by atoms with Crippen molar-refractivity contribution in [1.29, 1.82) is 0 Å². The van der Waals surface area contributed by atoms with E-state index >= 15 is 0 Å². The molecule has 0 saturated carbocycles. The fraction of sp³-hybridized carbons (Fsp3) is 0.294. The monoisotopic (exact) mass is 287 g/mol. The second-order valence-electron chi connectivity index (χ2n) is 5.02. The maximum absolute atomic E-state index is 9.90. The molecule has 0 heterocycles. The van der Waals surface area contributed by atoms with Crippen LogP contribution in [0.5, 0.6) is 17.2 Å². The zero-order valence-electron chi connectivity index (χ0n) is 12.9. The lowest BCUT2D eigenvalue weighted by Crippen LogP contribution is -2.02. The Kier molecular flexibility index (Phi) is 4.58. The molecule has 0 unspecified atom stereocenters. The van der Waals surface area contributed by atoms with Gasteiger partial charge in [0.25, 0.3) is 0 Å². The van der Waals surface area contributed by atoms with Gasteiger partial charge < -0.3 is 19.9 Å². The van der Waals surface area contributed by atoms with Crippen LogP contribution in [-0.4, -0.2) is 19.3 Å². The van der Waals surface area contributed by atoms with Crippen molar-refractivity contribution in [3.05, 3.63) is 47.0 Å². The molecule has 0 atom stereocenters. The Labute approximate surface area is 125 Å². The van der Waals surface area contributed by atoms with Crippen LogP contribution in [0.2, 0.25) is 0 Å². The molecule has 0 aliphatic heterocycles. The van der Waals surface area contributed by atoms with Crippen molar-refractivity contribution in [3.63, 3.8) is 0 Å². The highest BCUT2D eigenvalue weighted by atomic mass is 16.5. The highest BCUT2D eigenvalue weighted by molar-refractivity contribution is 5.55. The number of benzene rings is 2. The van der Waals surface area contributed by atoms with Gasteiger partial charge in [-0.2, -0.15) is 0 Å². The van der Waals surface area contributed by atoms with Crippen molar-refractivity contribution in [3.8, 4) is 17.2 Å². The summed E-state index contributed by atoms with van der Waals surface area (Å²) in [5.74, 6) is 0.842. The fourth-order valence-corrected chi connectivity index (χ4v) is 2.26. The normalized spacial score (nSPS) is 10.3. The number of phenols is 1. The van der Waals surface area contributed by atoms with Gasteiger partial charge in [0.2, 0.25) is 5.75 Å². The van der Waals surface area contributed by atoms with E-state index in [1.165, 1.54) is 25.3 Å². The van der Waals surface area contributed by atoms with Crippen LogP contribution in [0.3, 0.4) is 0 Å². The van der Waals surface area contributed by atoms with Crippen LogP contribution >= 0.6 is 0 Å². The second kappa shape index (κ2) is 6.39. The largest absolute Gasteiger partial charge is 0.502 e. The van der Waals surface area contributed by atoms with Gasteiger partial charge in [0.1, 0.15) is 0 Å². The molecule has 0 radical (unpaired) electrons. The maximum atomic E-state index is 9.90. The van der Waals surface area contributed by atoms with E-state index < -0.39 is 0 Å². The molecule has 0 spiro atoms.